The fourth-order valence-electron chi connectivity index (χ4n) is 5.33. The first kappa shape index (κ1) is 25.3. The van der Waals surface area contributed by atoms with Crippen molar-refractivity contribution in [2.75, 3.05) is 6.54 Å². The van der Waals surface area contributed by atoms with Gasteiger partial charge >= 0.3 is 5.97 Å². The van der Waals surface area contributed by atoms with Crippen LogP contribution in [-0.2, 0) is 4.79 Å². The molecule has 1 fully saturated rings. The van der Waals surface area contributed by atoms with Crippen molar-refractivity contribution in [2.24, 2.45) is 5.73 Å². The SMILES string of the molecule is NC(=O)C1C[CH]CCN1C(C(=O)c1ccnc(-c2cncc3ccccc23)c1)c1nc2ccc(C(=O)O)cc2[nH]1. The molecule has 4 N–H and O–H groups in total. The lowest BCUT2D eigenvalue weighted by Crippen LogP contribution is -2.51. The number of carbonyl (C=O) groups is 3. The molecule has 4 heterocycles. The standard InChI is InChI=1S/C30H25N6O4/c31-28(38)25-7-3-4-12-36(25)26(29-34-22-9-8-18(30(39)40)14-24(22)35-29)27(37)17-10-11-33-23(13-17)21-16-32-15-19-5-1-2-6-20(19)21/h1-3,5-6,8-11,13-16,25-26H,4,7,12H2,(H2,31,38)(H,34,35)(H,39,40). The maximum absolute atomic E-state index is 14.3. The highest BCUT2D eigenvalue weighted by molar-refractivity contribution is 6.03. The number of amides is 1. The van der Waals surface area contributed by atoms with E-state index in [0.717, 1.165) is 16.3 Å². The Hall–Kier alpha value is -4.96. The Balaban J connectivity index is 1.46. The number of hydrogen-bond donors (Lipinski definition) is 3. The van der Waals surface area contributed by atoms with E-state index in [4.69, 9.17) is 5.73 Å². The summed E-state index contributed by atoms with van der Waals surface area (Å²) in [6.45, 7) is 0.423. The van der Waals surface area contributed by atoms with Gasteiger partial charge in [-0.2, -0.15) is 0 Å². The number of H-pyrrole nitrogens is 1. The van der Waals surface area contributed by atoms with Crippen molar-refractivity contribution in [3.05, 3.63) is 96.6 Å². The Morgan fingerprint density at radius 2 is 1.90 bits per heavy atom. The molecule has 1 radical (unpaired) electrons. The largest absolute Gasteiger partial charge is 0.478 e. The fourth-order valence-corrected chi connectivity index (χ4v) is 5.33. The summed E-state index contributed by atoms with van der Waals surface area (Å²) in [5.41, 5.74) is 8.60. The number of aromatic nitrogens is 4. The van der Waals surface area contributed by atoms with Crippen molar-refractivity contribution in [3.63, 3.8) is 0 Å². The van der Waals surface area contributed by atoms with Crippen molar-refractivity contribution in [1.29, 1.82) is 0 Å². The van der Waals surface area contributed by atoms with Gasteiger partial charge in [0.2, 0.25) is 5.91 Å². The molecule has 40 heavy (non-hydrogen) atoms. The molecule has 5 aromatic rings. The van der Waals surface area contributed by atoms with E-state index in [0.29, 0.717) is 47.5 Å². The summed E-state index contributed by atoms with van der Waals surface area (Å²) in [6.07, 6.45) is 8.14. The molecular formula is C30H25N6O4. The van der Waals surface area contributed by atoms with E-state index in [1.165, 1.54) is 12.1 Å². The van der Waals surface area contributed by atoms with Crippen LogP contribution in [0.1, 0.15) is 45.4 Å². The van der Waals surface area contributed by atoms with Crippen LogP contribution in [0.15, 0.2) is 73.2 Å². The minimum Gasteiger partial charge on any atom is -0.478 e. The number of likely N-dealkylation sites (tertiary alicyclic amines) is 1. The number of carboxylic acid groups (broad SMARTS) is 1. The third kappa shape index (κ3) is 4.58. The van der Waals surface area contributed by atoms with E-state index in [1.807, 2.05) is 30.7 Å². The van der Waals surface area contributed by atoms with E-state index in [-0.39, 0.29) is 11.3 Å². The highest BCUT2D eigenvalue weighted by Crippen LogP contribution is 2.33. The zero-order valence-corrected chi connectivity index (χ0v) is 21.3. The molecule has 0 saturated carbocycles. The summed E-state index contributed by atoms with van der Waals surface area (Å²) in [5.74, 6) is -1.59. The van der Waals surface area contributed by atoms with Gasteiger partial charge in [0.15, 0.2) is 5.78 Å². The fraction of sp³-hybridized carbons (Fsp3) is 0.167. The van der Waals surface area contributed by atoms with Crippen molar-refractivity contribution in [1.82, 2.24) is 24.8 Å². The number of nitrogens with one attached hydrogen (secondary N) is 1. The zero-order valence-electron chi connectivity index (χ0n) is 21.3. The van der Waals surface area contributed by atoms with E-state index < -0.39 is 24.0 Å². The number of primary amides is 1. The highest BCUT2D eigenvalue weighted by Gasteiger charge is 2.39. The van der Waals surface area contributed by atoms with Crippen molar-refractivity contribution in [2.45, 2.75) is 24.9 Å². The first-order valence-corrected chi connectivity index (χ1v) is 12.8. The molecule has 2 unspecified atom stereocenters. The van der Waals surface area contributed by atoms with Crippen LogP contribution in [0.2, 0.25) is 0 Å². The Labute approximate surface area is 228 Å². The third-order valence-electron chi connectivity index (χ3n) is 7.28. The van der Waals surface area contributed by atoms with Gasteiger partial charge in [0.1, 0.15) is 11.9 Å². The first-order valence-electron chi connectivity index (χ1n) is 12.8. The first-order chi connectivity index (χ1) is 19.4. The molecular weight excluding hydrogens is 508 g/mol. The highest BCUT2D eigenvalue weighted by atomic mass is 16.4. The van der Waals surface area contributed by atoms with Crippen LogP contribution in [0.5, 0.6) is 0 Å². The second kappa shape index (κ2) is 10.3. The molecule has 2 aromatic carbocycles. The van der Waals surface area contributed by atoms with Crippen molar-refractivity contribution in [3.8, 4) is 11.3 Å². The smallest absolute Gasteiger partial charge is 0.335 e. The van der Waals surface area contributed by atoms with Gasteiger partial charge < -0.3 is 15.8 Å². The predicted octanol–water partition coefficient (Wildman–Crippen LogP) is 3.95. The van der Waals surface area contributed by atoms with Gasteiger partial charge in [-0.3, -0.25) is 24.5 Å². The second-order valence-electron chi connectivity index (χ2n) is 9.73. The number of carboxylic acids is 1. The summed E-state index contributed by atoms with van der Waals surface area (Å²) < 4.78 is 0. The minimum atomic E-state index is -1.07. The molecule has 0 spiro atoms. The third-order valence-corrected chi connectivity index (χ3v) is 7.28. The van der Waals surface area contributed by atoms with Crippen LogP contribution in [0, 0.1) is 6.42 Å². The number of piperidine rings is 1. The van der Waals surface area contributed by atoms with Gasteiger partial charge in [0.25, 0.3) is 0 Å². The van der Waals surface area contributed by atoms with Gasteiger partial charge in [0, 0.05) is 41.6 Å². The summed E-state index contributed by atoms with van der Waals surface area (Å²) in [4.78, 5) is 56.7. The van der Waals surface area contributed by atoms with E-state index in [2.05, 4.69) is 19.9 Å². The van der Waals surface area contributed by atoms with E-state index in [9.17, 15) is 19.5 Å². The molecule has 1 aliphatic heterocycles. The number of pyridine rings is 2. The van der Waals surface area contributed by atoms with Crippen LogP contribution < -0.4 is 5.73 Å². The van der Waals surface area contributed by atoms with Crippen LogP contribution in [0.25, 0.3) is 33.1 Å². The number of imidazole rings is 1. The number of Topliss-reactive ketones (excluding diaryl/α,β-unsaturated/α-hetero) is 1. The van der Waals surface area contributed by atoms with Crippen molar-refractivity contribution >= 4 is 39.5 Å². The number of benzene rings is 2. The molecule has 2 atom stereocenters. The summed E-state index contributed by atoms with van der Waals surface area (Å²) in [7, 11) is 0. The molecule has 199 valence electrons. The van der Waals surface area contributed by atoms with Crippen molar-refractivity contribution < 1.29 is 19.5 Å². The normalized spacial score (nSPS) is 16.6. The van der Waals surface area contributed by atoms with Crippen LogP contribution in [0.3, 0.4) is 0 Å². The molecule has 3 aromatic heterocycles. The minimum absolute atomic E-state index is 0.0932. The maximum atomic E-state index is 14.3. The number of aromatic carboxylic acids is 1. The van der Waals surface area contributed by atoms with Gasteiger partial charge in [-0.1, -0.05) is 24.3 Å². The molecule has 6 rings (SSSR count). The van der Waals surface area contributed by atoms with Crippen LogP contribution in [0.4, 0.5) is 0 Å². The molecule has 1 saturated heterocycles. The lowest BCUT2D eigenvalue weighted by Gasteiger charge is -2.37. The molecule has 1 amide bonds. The van der Waals surface area contributed by atoms with E-state index in [1.54, 1.807) is 41.7 Å². The predicted molar refractivity (Wildman–Crippen MR) is 148 cm³/mol. The Morgan fingerprint density at radius 3 is 2.73 bits per heavy atom. The summed E-state index contributed by atoms with van der Waals surface area (Å²) >= 11 is 0. The number of rotatable bonds is 7. The van der Waals surface area contributed by atoms with Gasteiger partial charge in [0.05, 0.1) is 28.3 Å². The Morgan fingerprint density at radius 1 is 1.05 bits per heavy atom. The monoisotopic (exact) mass is 533 g/mol. The number of aromatic amines is 1. The lowest BCUT2D eigenvalue weighted by molar-refractivity contribution is -0.124. The molecule has 10 nitrogen and oxygen atoms in total. The van der Waals surface area contributed by atoms with Gasteiger partial charge in [-0.15, -0.1) is 0 Å². The Bertz CT molecular complexity index is 1780. The summed E-state index contributed by atoms with van der Waals surface area (Å²) in [6, 6.07) is 14.0. The Kier molecular flexibility index (Phi) is 6.53. The number of fused-ring (bicyclic) bond motifs is 2. The number of ketones is 1. The summed E-state index contributed by atoms with van der Waals surface area (Å²) in [5, 5.41) is 11.3. The van der Waals surface area contributed by atoms with Gasteiger partial charge in [-0.05, 0) is 55.0 Å². The maximum Gasteiger partial charge on any atom is 0.335 e. The topological polar surface area (TPSA) is 155 Å². The molecule has 10 heteroatoms. The average Bonchev–Trinajstić information content (AvgIpc) is 3.40. The number of nitrogens with two attached hydrogens (primary N) is 1. The number of nitrogens with zero attached hydrogens (tertiary/aromatic N) is 4. The van der Waals surface area contributed by atoms with Crippen LogP contribution in [-0.4, -0.2) is 60.2 Å². The second-order valence-corrected chi connectivity index (χ2v) is 9.73. The number of hydrogen-bond acceptors (Lipinski definition) is 7. The van der Waals surface area contributed by atoms with Gasteiger partial charge in [-0.25, -0.2) is 9.78 Å². The quantitative estimate of drug-likeness (QED) is 0.266. The van der Waals surface area contributed by atoms with Crippen LogP contribution >= 0.6 is 0 Å². The molecule has 0 aliphatic carbocycles. The zero-order chi connectivity index (χ0) is 27.8. The number of carbonyl (C=O) groups excluding carboxylic acids is 2. The van der Waals surface area contributed by atoms with E-state index >= 15 is 0 Å². The molecule has 1 aliphatic rings. The average molecular weight is 534 g/mol. The lowest BCUT2D eigenvalue weighted by atomic mass is 9.94. The molecule has 0 bridgehead atoms.